The molecule has 0 saturated heterocycles. The molecule has 0 aliphatic carbocycles. The standard InChI is InChI=1S/C46H33N3O2.Pt/c1-46(2,3)33-24-25-47-40(27-33)32-13-10-12-31(26-32)37-16-4-6-18-41(37)49-30-48(42-19-7-8-20-43(42)49)34-14-11-15-35(28-34)50-36-22-23-45-39(29-36)38-17-5-9-21-44(38)51-45;/h4-21,23-27,29H,1-3H3;/q-2;. The van der Waals surface area contributed by atoms with Crippen molar-refractivity contribution in [3.63, 3.8) is 0 Å². The monoisotopic (exact) mass is 854 g/mol. The van der Waals surface area contributed by atoms with Gasteiger partial charge in [0.05, 0.1) is 22.4 Å². The molecule has 9 rings (SSSR count). The number of hydrogen-bond acceptors (Lipinski definition) is 3. The van der Waals surface area contributed by atoms with Gasteiger partial charge in [-0.2, -0.15) is 12.1 Å². The van der Waals surface area contributed by atoms with E-state index in [1.807, 2.05) is 65.4 Å². The first kappa shape index (κ1) is 33.4. The van der Waals surface area contributed by atoms with Crippen molar-refractivity contribution in [1.29, 1.82) is 0 Å². The molecule has 0 spiro atoms. The van der Waals surface area contributed by atoms with Crippen molar-refractivity contribution in [2.75, 3.05) is 0 Å². The maximum Gasteiger partial charge on any atom is 0.268 e. The minimum absolute atomic E-state index is 0. The average Bonchev–Trinajstić information content (AvgIpc) is 3.74. The Kier molecular flexibility index (Phi) is 8.61. The molecule has 6 aromatic carbocycles. The molecule has 9 aromatic rings. The second-order valence-electron chi connectivity index (χ2n) is 13.7. The largest absolute Gasteiger partial charge is 0.516 e. The molecule has 0 saturated carbocycles. The number of hydrogen-bond donors (Lipinski definition) is 0. The maximum absolute atomic E-state index is 6.33. The van der Waals surface area contributed by atoms with Crippen molar-refractivity contribution in [3.8, 4) is 45.3 Å². The van der Waals surface area contributed by atoms with Crippen molar-refractivity contribution < 1.29 is 34.8 Å². The minimum Gasteiger partial charge on any atom is -0.516 e. The van der Waals surface area contributed by atoms with Crippen LogP contribution in [0.1, 0.15) is 26.3 Å². The van der Waals surface area contributed by atoms with Crippen LogP contribution in [0.15, 0.2) is 150 Å². The number of ether oxygens (including phenoxy) is 1. The first-order chi connectivity index (χ1) is 24.9. The molecule has 0 aliphatic rings. The summed E-state index contributed by atoms with van der Waals surface area (Å²) in [7, 11) is 0. The van der Waals surface area contributed by atoms with Crippen molar-refractivity contribution >= 4 is 33.0 Å². The molecular formula is C46H33N3O2Pt-2. The van der Waals surface area contributed by atoms with Crippen LogP contribution in [-0.4, -0.2) is 9.55 Å². The van der Waals surface area contributed by atoms with Crippen molar-refractivity contribution in [2.45, 2.75) is 26.2 Å². The number of fused-ring (bicyclic) bond motifs is 4. The Morgan fingerprint density at radius 3 is 2.40 bits per heavy atom. The van der Waals surface area contributed by atoms with Gasteiger partial charge in [-0.15, -0.1) is 30.3 Å². The summed E-state index contributed by atoms with van der Waals surface area (Å²) < 4.78 is 16.5. The van der Waals surface area contributed by atoms with E-state index >= 15 is 0 Å². The molecule has 5 nitrogen and oxygen atoms in total. The summed E-state index contributed by atoms with van der Waals surface area (Å²) in [5.41, 5.74) is 11.0. The van der Waals surface area contributed by atoms with Gasteiger partial charge in [0.25, 0.3) is 6.33 Å². The molecule has 256 valence electrons. The van der Waals surface area contributed by atoms with E-state index in [-0.39, 0.29) is 26.5 Å². The van der Waals surface area contributed by atoms with Crippen LogP contribution < -0.4 is 9.30 Å². The van der Waals surface area contributed by atoms with E-state index in [2.05, 4.69) is 129 Å². The van der Waals surface area contributed by atoms with Crippen LogP contribution in [-0.2, 0) is 26.5 Å². The number of imidazole rings is 1. The number of rotatable bonds is 6. The van der Waals surface area contributed by atoms with Gasteiger partial charge in [0.2, 0.25) is 0 Å². The van der Waals surface area contributed by atoms with Gasteiger partial charge in [0.1, 0.15) is 5.58 Å². The molecule has 0 atom stereocenters. The fourth-order valence-corrected chi connectivity index (χ4v) is 6.68. The molecule has 6 heteroatoms. The van der Waals surface area contributed by atoms with Gasteiger partial charge in [-0.05, 0) is 58.1 Å². The molecule has 0 amide bonds. The molecule has 0 aliphatic heterocycles. The van der Waals surface area contributed by atoms with E-state index < -0.39 is 0 Å². The summed E-state index contributed by atoms with van der Waals surface area (Å²) in [6.45, 7) is 6.68. The van der Waals surface area contributed by atoms with E-state index in [4.69, 9.17) is 14.1 Å². The Hall–Kier alpha value is -5.77. The number of para-hydroxylation sites is 4. The van der Waals surface area contributed by atoms with Gasteiger partial charge in [-0.25, -0.2) is 0 Å². The number of aromatic nitrogens is 3. The van der Waals surface area contributed by atoms with Gasteiger partial charge in [-0.1, -0.05) is 105 Å². The Bertz CT molecular complexity index is 2740. The number of furan rings is 1. The molecule has 52 heavy (non-hydrogen) atoms. The zero-order valence-corrected chi connectivity index (χ0v) is 31.1. The maximum atomic E-state index is 6.33. The molecule has 3 aromatic heterocycles. The third-order valence-electron chi connectivity index (χ3n) is 9.30. The predicted octanol–water partition coefficient (Wildman–Crippen LogP) is 11.0. The Morgan fingerprint density at radius 1 is 0.712 bits per heavy atom. The van der Waals surface area contributed by atoms with Gasteiger partial charge >= 0.3 is 0 Å². The topological polar surface area (TPSA) is 44.1 Å². The van der Waals surface area contributed by atoms with Gasteiger partial charge < -0.3 is 13.7 Å². The summed E-state index contributed by atoms with van der Waals surface area (Å²) in [5.74, 6) is 1.17. The number of pyridine rings is 1. The molecule has 0 radical (unpaired) electrons. The molecule has 0 bridgehead atoms. The average molecular weight is 855 g/mol. The first-order valence-corrected chi connectivity index (χ1v) is 17.0. The summed E-state index contributed by atoms with van der Waals surface area (Å²) in [5, 5.41) is 2.03. The van der Waals surface area contributed by atoms with Crippen LogP contribution in [0, 0.1) is 18.5 Å². The first-order valence-electron chi connectivity index (χ1n) is 17.0. The summed E-state index contributed by atoms with van der Waals surface area (Å²) in [6, 6.07) is 54.1. The third-order valence-corrected chi connectivity index (χ3v) is 9.30. The zero-order chi connectivity index (χ0) is 34.5. The quantitative estimate of drug-likeness (QED) is 0.124. The van der Waals surface area contributed by atoms with E-state index in [9.17, 15) is 0 Å². The second kappa shape index (κ2) is 13.4. The van der Waals surface area contributed by atoms with Crippen LogP contribution in [0.3, 0.4) is 0 Å². The number of nitrogens with zero attached hydrogens (tertiary/aromatic N) is 3. The van der Waals surface area contributed by atoms with Gasteiger partial charge in [0, 0.05) is 55.3 Å². The van der Waals surface area contributed by atoms with Crippen LogP contribution in [0.2, 0.25) is 0 Å². The minimum atomic E-state index is 0. The molecular weight excluding hydrogens is 822 g/mol. The summed E-state index contributed by atoms with van der Waals surface area (Å²) >= 11 is 0. The van der Waals surface area contributed by atoms with Crippen LogP contribution in [0.5, 0.6) is 11.5 Å². The summed E-state index contributed by atoms with van der Waals surface area (Å²) in [6.07, 6.45) is 5.56. The summed E-state index contributed by atoms with van der Waals surface area (Å²) in [4.78, 5) is 4.74. The molecule has 0 N–H and O–H groups in total. The smallest absolute Gasteiger partial charge is 0.268 e. The second-order valence-corrected chi connectivity index (χ2v) is 13.7. The number of benzene rings is 6. The Labute approximate surface area is 317 Å². The fraction of sp³-hybridized carbons (Fsp3) is 0.0870. The van der Waals surface area contributed by atoms with Crippen LogP contribution >= 0.6 is 0 Å². The van der Waals surface area contributed by atoms with E-state index in [0.29, 0.717) is 11.5 Å². The molecule has 0 fully saturated rings. The van der Waals surface area contributed by atoms with Crippen molar-refractivity contribution in [3.05, 3.63) is 170 Å². The van der Waals surface area contributed by atoms with E-state index in [0.717, 1.165) is 66.7 Å². The van der Waals surface area contributed by atoms with E-state index in [1.54, 1.807) is 0 Å². The van der Waals surface area contributed by atoms with Crippen LogP contribution in [0.4, 0.5) is 0 Å². The Balaban J connectivity index is 0.00000387. The predicted molar refractivity (Wildman–Crippen MR) is 202 cm³/mol. The normalized spacial score (nSPS) is 11.6. The molecule has 3 heterocycles. The molecule has 0 unspecified atom stereocenters. The third kappa shape index (κ3) is 6.12. The van der Waals surface area contributed by atoms with E-state index in [1.165, 1.54) is 5.56 Å². The fourth-order valence-electron chi connectivity index (χ4n) is 6.68. The van der Waals surface area contributed by atoms with Gasteiger partial charge in [0.15, 0.2) is 0 Å². The van der Waals surface area contributed by atoms with Crippen molar-refractivity contribution in [1.82, 2.24) is 9.55 Å². The SMILES string of the molecule is CC(C)(C)c1ccnc(-c2cccc(-c3ccccc3-[n+]3[c-]n(-c4[c-]c(Oc5[c-]cc6oc7ccccc7c6c5)ccc4)c4ccccc43)c2)c1.[Pt]. The van der Waals surface area contributed by atoms with Crippen LogP contribution in [0.25, 0.3) is 66.7 Å². The van der Waals surface area contributed by atoms with Gasteiger partial charge in [-0.3, -0.25) is 9.55 Å². The zero-order valence-electron chi connectivity index (χ0n) is 28.8. The van der Waals surface area contributed by atoms with Crippen molar-refractivity contribution in [2.24, 2.45) is 0 Å². The Morgan fingerprint density at radius 2 is 1.50 bits per heavy atom.